The van der Waals surface area contributed by atoms with Gasteiger partial charge in [0.1, 0.15) is 24.7 Å². The molecule has 0 saturated heterocycles. The zero-order valence-corrected chi connectivity index (χ0v) is 18.6. The van der Waals surface area contributed by atoms with E-state index in [0.717, 1.165) is 27.1 Å². The molecule has 0 saturated carbocycles. The average molecular weight is 443 g/mol. The van der Waals surface area contributed by atoms with Crippen molar-refractivity contribution in [1.82, 2.24) is 5.32 Å². The second-order valence-corrected chi connectivity index (χ2v) is 9.13. The first-order valence-electron chi connectivity index (χ1n) is 9.79. The summed E-state index contributed by atoms with van der Waals surface area (Å²) in [6.07, 6.45) is 1.10. The molecule has 7 nitrogen and oxygen atoms in total. The number of carbonyl (C=O) groups is 1. The predicted octanol–water partition coefficient (Wildman–Crippen LogP) is 3.20. The van der Waals surface area contributed by atoms with Crippen LogP contribution >= 0.6 is 0 Å². The molecule has 1 N–H and O–H groups in total. The summed E-state index contributed by atoms with van der Waals surface area (Å²) in [4.78, 5) is 12.6. The molecule has 0 unspecified atom stereocenters. The SMILES string of the molecule is COc1ccc(OC[C@@H](C)NC(=O)CN(c2cccc3ccccc23)S(C)(=O)=O)cc1. The molecule has 0 heterocycles. The molecule has 1 amide bonds. The Labute approximate surface area is 182 Å². The van der Waals surface area contributed by atoms with Gasteiger partial charge in [0.15, 0.2) is 0 Å². The molecule has 3 aromatic carbocycles. The number of amides is 1. The molecular formula is C23H26N2O5S. The highest BCUT2D eigenvalue weighted by atomic mass is 32.2. The lowest BCUT2D eigenvalue weighted by Gasteiger charge is -2.24. The lowest BCUT2D eigenvalue weighted by Crippen LogP contribution is -2.45. The number of sulfonamides is 1. The fourth-order valence-electron chi connectivity index (χ4n) is 3.19. The van der Waals surface area contributed by atoms with Gasteiger partial charge in [0.2, 0.25) is 15.9 Å². The number of fused-ring (bicyclic) bond motifs is 1. The van der Waals surface area contributed by atoms with Gasteiger partial charge in [-0.15, -0.1) is 0 Å². The largest absolute Gasteiger partial charge is 0.497 e. The van der Waals surface area contributed by atoms with Crippen molar-refractivity contribution in [1.29, 1.82) is 0 Å². The van der Waals surface area contributed by atoms with Crippen molar-refractivity contribution < 1.29 is 22.7 Å². The summed E-state index contributed by atoms with van der Waals surface area (Å²) in [5.41, 5.74) is 0.470. The molecule has 3 rings (SSSR count). The summed E-state index contributed by atoms with van der Waals surface area (Å²) in [5.74, 6) is 0.961. The number of ether oxygens (including phenoxy) is 2. The zero-order valence-electron chi connectivity index (χ0n) is 17.7. The molecule has 0 aromatic heterocycles. The zero-order chi connectivity index (χ0) is 22.4. The highest BCUT2D eigenvalue weighted by Crippen LogP contribution is 2.28. The van der Waals surface area contributed by atoms with E-state index >= 15 is 0 Å². The summed E-state index contributed by atoms with van der Waals surface area (Å²) in [6.45, 7) is 1.72. The average Bonchev–Trinajstić information content (AvgIpc) is 2.75. The summed E-state index contributed by atoms with van der Waals surface area (Å²) in [7, 11) is -2.08. The van der Waals surface area contributed by atoms with E-state index in [2.05, 4.69) is 5.32 Å². The topological polar surface area (TPSA) is 84.9 Å². The Hall–Kier alpha value is -3.26. The minimum absolute atomic E-state index is 0.241. The molecule has 3 aromatic rings. The molecule has 0 radical (unpaired) electrons. The molecule has 0 aliphatic carbocycles. The predicted molar refractivity (Wildman–Crippen MR) is 122 cm³/mol. The molecule has 31 heavy (non-hydrogen) atoms. The number of methoxy groups -OCH3 is 1. The molecule has 8 heteroatoms. The van der Waals surface area contributed by atoms with Gasteiger partial charge in [-0.05, 0) is 42.6 Å². The third-order valence-corrected chi connectivity index (χ3v) is 5.82. The normalized spacial score (nSPS) is 12.2. The Balaban J connectivity index is 1.67. The number of hydrogen-bond donors (Lipinski definition) is 1. The van der Waals surface area contributed by atoms with Crippen LogP contribution in [0.1, 0.15) is 6.92 Å². The number of hydrogen-bond acceptors (Lipinski definition) is 5. The van der Waals surface area contributed by atoms with E-state index in [9.17, 15) is 13.2 Å². The monoisotopic (exact) mass is 442 g/mol. The van der Waals surface area contributed by atoms with Crippen molar-refractivity contribution in [3.8, 4) is 11.5 Å². The van der Waals surface area contributed by atoms with Gasteiger partial charge in [0.25, 0.3) is 0 Å². The van der Waals surface area contributed by atoms with E-state index in [4.69, 9.17) is 9.47 Å². The maximum atomic E-state index is 12.6. The van der Waals surface area contributed by atoms with Crippen LogP contribution < -0.4 is 19.1 Å². The molecule has 0 aliphatic heterocycles. The van der Waals surface area contributed by atoms with Crippen molar-refractivity contribution in [3.05, 3.63) is 66.7 Å². The van der Waals surface area contributed by atoms with Gasteiger partial charge in [-0.3, -0.25) is 9.10 Å². The Bertz CT molecular complexity index is 1140. The van der Waals surface area contributed by atoms with E-state index in [-0.39, 0.29) is 19.2 Å². The van der Waals surface area contributed by atoms with Crippen LogP contribution in [0.5, 0.6) is 11.5 Å². The van der Waals surface area contributed by atoms with Crippen molar-refractivity contribution in [3.63, 3.8) is 0 Å². The smallest absolute Gasteiger partial charge is 0.241 e. The van der Waals surface area contributed by atoms with Gasteiger partial charge in [-0.2, -0.15) is 0 Å². The first-order valence-corrected chi connectivity index (χ1v) is 11.6. The van der Waals surface area contributed by atoms with E-state index in [0.29, 0.717) is 11.4 Å². The maximum Gasteiger partial charge on any atom is 0.241 e. The van der Waals surface area contributed by atoms with Gasteiger partial charge in [-0.25, -0.2) is 8.42 Å². The quantitative estimate of drug-likeness (QED) is 0.550. The first kappa shape index (κ1) is 22.4. The minimum Gasteiger partial charge on any atom is -0.497 e. The van der Waals surface area contributed by atoms with Crippen molar-refractivity contribution >= 4 is 32.4 Å². The molecule has 0 spiro atoms. The summed E-state index contributed by atoms with van der Waals surface area (Å²) in [5, 5.41) is 4.46. The van der Waals surface area contributed by atoms with Gasteiger partial charge in [0.05, 0.1) is 25.1 Å². The van der Waals surface area contributed by atoms with Crippen LogP contribution in [-0.4, -0.2) is 46.9 Å². The maximum absolute atomic E-state index is 12.6. The third-order valence-electron chi connectivity index (χ3n) is 4.69. The molecule has 0 bridgehead atoms. The molecule has 0 fully saturated rings. The summed E-state index contributed by atoms with van der Waals surface area (Å²) in [6, 6.07) is 19.6. The van der Waals surface area contributed by atoms with Gasteiger partial charge in [-0.1, -0.05) is 36.4 Å². The fraction of sp³-hybridized carbons (Fsp3) is 0.261. The van der Waals surface area contributed by atoms with Crippen molar-refractivity contribution in [2.75, 3.05) is 30.8 Å². The number of rotatable bonds is 9. The number of nitrogens with zero attached hydrogens (tertiary/aromatic N) is 1. The Kier molecular flexibility index (Phi) is 7.02. The number of nitrogens with one attached hydrogen (secondary N) is 1. The van der Waals surface area contributed by atoms with Gasteiger partial charge < -0.3 is 14.8 Å². The number of carbonyl (C=O) groups excluding carboxylic acids is 1. The van der Waals surface area contributed by atoms with E-state index in [1.165, 1.54) is 0 Å². The highest BCUT2D eigenvalue weighted by molar-refractivity contribution is 7.92. The van der Waals surface area contributed by atoms with Crippen LogP contribution in [0.4, 0.5) is 5.69 Å². The molecule has 164 valence electrons. The van der Waals surface area contributed by atoms with E-state index in [1.807, 2.05) is 30.3 Å². The Morgan fingerprint density at radius 3 is 2.32 bits per heavy atom. The van der Waals surface area contributed by atoms with Crippen LogP contribution in [0.3, 0.4) is 0 Å². The molecule has 1 atom stereocenters. The Morgan fingerprint density at radius 1 is 1.00 bits per heavy atom. The summed E-state index contributed by atoms with van der Waals surface area (Å²) < 4.78 is 36.9. The van der Waals surface area contributed by atoms with Crippen molar-refractivity contribution in [2.45, 2.75) is 13.0 Å². The number of anilines is 1. The van der Waals surface area contributed by atoms with Gasteiger partial charge in [0, 0.05) is 5.39 Å². The van der Waals surface area contributed by atoms with Crippen LogP contribution in [-0.2, 0) is 14.8 Å². The lowest BCUT2D eigenvalue weighted by atomic mass is 10.1. The summed E-state index contributed by atoms with van der Waals surface area (Å²) >= 11 is 0. The second-order valence-electron chi connectivity index (χ2n) is 7.22. The van der Waals surface area contributed by atoms with Crippen LogP contribution in [0.25, 0.3) is 10.8 Å². The standard InChI is InChI=1S/C23H26N2O5S/c1-17(16-30-20-13-11-19(29-2)12-14-20)24-23(26)15-25(31(3,27)28)22-10-6-8-18-7-4-5-9-21(18)22/h4-14,17H,15-16H2,1-3H3,(H,24,26)/t17-/m1/s1. The van der Waals surface area contributed by atoms with E-state index in [1.54, 1.807) is 50.4 Å². The van der Waals surface area contributed by atoms with Gasteiger partial charge >= 0.3 is 0 Å². The third kappa shape index (κ3) is 5.88. The van der Waals surface area contributed by atoms with E-state index < -0.39 is 15.9 Å². The molecular weight excluding hydrogens is 416 g/mol. The van der Waals surface area contributed by atoms with Crippen LogP contribution in [0, 0.1) is 0 Å². The second kappa shape index (κ2) is 9.70. The van der Waals surface area contributed by atoms with Crippen LogP contribution in [0.2, 0.25) is 0 Å². The molecule has 0 aliphatic rings. The Morgan fingerprint density at radius 2 is 1.65 bits per heavy atom. The first-order chi connectivity index (χ1) is 14.8. The number of benzene rings is 3. The fourth-order valence-corrected chi connectivity index (χ4v) is 4.06. The van der Waals surface area contributed by atoms with Crippen molar-refractivity contribution in [2.24, 2.45) is 0 Å². The lowest BCUT2D eigenvalue weighted by molar-refractivity contribution is -0.120. The highest BCUT2D eigenvalue weighted by Gasteiger charge is 2.23. The minimum atomic E-state index is -3.67. The van der Waals surface area contributed by atoms with Crippen LogP contribution in [0.15, 0.2) is 66.7 Å².